The van der Waals surface area contributed by atoms with Crippen LogP contribution in [0.1, 0.15) is 78.8 Å². The molecule has 9 heteroatoms. The number of thioether (sulfide) groups is 1. The third-order valence-electron chi connectivity index (χ3n) is 5.56. The zero-order valence-corrected chi connectivity index (χ0v) is 22.8. The van der Waals surface area contributed by atoms with Gasteiger partial charge in [-0.15, -0.1) is 0 Å². The Kier molecular flexibility index (Phi) is 9.89. The number of nitrogens with zero attached hydrogens (tertiary/aromatic N) is 1. The molecule has 1 aromatic carbocycles. The van der Waals surface area contributed by atoms with Crippen LogP contribution in [0.2, 0.25) is 0 Å². The van der Waals surface area contributed by atoms with E-state index in [9.17, 15) is 19.5 Å². The molecule has 1 aliphatic rings. The average molecular weight is 508 g/mol. The third-order valence-corrected chi connectivity index (χ3v) is 6.20. The Hall–Kier alpha value is -2.42. The van der Waals surface area contributed by atoms with E-state index in [2.05, 4.69) is 10.6 Å². The summed E-state index contributed by atoms with van der Waals surface area (Å²) in [7, 11) is 0. The lowest BCUT2D eigenvalue weighted by molar-refractivity contribution is -0.148. The molecule has 1 fully saturated rings. The van der Waals surface area contributed by atoms with Crippen LogP contribution in [-0.4, -0.2) is 63.1 Å². The number of carbonyl (C=O) groups is 3. The molecule has 3 N–H and O–H groups in total. The molecular weight excluding hydrogens is 466 g/mol. The molecule has 1 aliphatic carbocycles. The largest absolute Gasteiger partial charge is 0.508 e. The predicted molar refractivity (Wildman–Crippen MR) is 139 cm³/mol. The summed E-state index contributed by atoms with van der Waals surface area (Å²) in [5, 5.41) is 15.6. The molecular formula is C26H41N3O5S. The summed E-state index contributed by atoms with van der Waals surface area (Å²) < 4.78 is 5.42. The molecule has 8 nitrogen and oxygen atoms in total. The molecule has 1 saturated carbocycles. The first kappa shape index (κ1) is 28.8. The second-order valence-electron chi connectivity index (χ2n) is 11.0. The number of benzene rings is 1. The van der Waals surface area contributed by atoms with Gasteiger partial charge in [0.15, 0.2) is 0 Å². The molecule has 1 aromatic rings. The fourth-order valence-electron chi connectivity index (χ4n) is 3.84. The van der Waals surface area contributed by atoms with Gasteiger partial charge in [-0.2, -0.15) is 11.8 Å². The molecule has 0 spiro atoms. The van der Waals surface area contributed by atoms with Crippen LogP contribution in [0.3, 0.4) is 0 Å². The Morgan fingerprint density at radius 3 is 2.17 bits per heavy atom. The number of aromatic hydroxyl groups is 1. The van der Waals surface area contributed by atoms with Crippen molar-refractivity contribution in [1.82, 2.24) is 15.5 Å². The smallest absolute Gasteiger partial charge is 0.408 e. The van der Waals surface area contributed by atoms with Crippen molar-refractivity contribution in [2.45, 2.75) is 96.5 Å². The fraction of sp³-hybridized carbons (Fsp3) is 0.654. The van der Waals surface area contributed by atoms with Crippen molar-refractivity contribution in [3.63, 3.8) is 0 Å². The SMILES string of the molecule is CSCCC(NC(=O)OC(C)(C)C)C(=O)N(C1CCC1)C(C(=O)NC(C)(C)C)c1ccc(O)cc1. The number of ether oxygens (including phenoxy) is 1. The van der Waals surface area contributed by atoms with E-state index in [0.29, 0.717) is 17.7 Å². The lowest BCUT2D eigenvalue weighted by Gasteiger charge is -2.44. The standard InChI is InChI=1S/C26H41N3O5S/c1-25(2,3)28-22(31)21(17-11-13-19(30)14-12-17)29(18-9-8-10-18)23(32)20(15-16-35-7)27-24(33)34-26(4,5)6/h11-14,18,20-21,30H,8-10,15-16H2,1-7H3,(H,27,33)(H,28,31). The van der Waals surface area contributed by atoms with E-state index in [1.807, 2.05) is 27.0 Å². The summed E-state index contributed by atoms with van der Waals surface area (Å²) in [6.07, 6.45) is 4.22. The quantitative estimate of drug-likeness (QED) is 0.458. The van der Waals surface area contributed by atoms with E-state index in [1.54, 1.807) is 49.6 Å². The van der Waals surface area contributed by atoms with Crippen molar-refractivity contribution in [2.75, 3.05) is 12.0 Å². The van der Waals surface area contributed by atoms with Crippen LogP contribution < -0.4 is 10.6 Å². The summed E-state index contributed by atoms with van der Waals surface area (Å²) in [4.78, 5) is 41.9. The van der Waals surface area contributed by atoms with Crippen LogP contribution in [0.25, 0.3) is 0 Å². The van der Waals surface area contributed by atoms with Crippen molar-refractivity contribution in [1.29, 1.82) is 0 Å². The number of nitrogens with one attached hydrogen (secondary N) is 2. The van der Waals surface area contributed by atoms with Gasteiger partial charge in [0, 0.05) is 11.6 Å². The van der Waals surface area contributed by atoms with Gasteiger partial charge in [0.25, 0.3) is 0 Å². The predicted octanol–water partition coefficient (Wildman–Crippen LogP) is 4.38. The van der Waals surface area contributed by atoms with Crippen molar-refractivity contribution in [3.8, 4) is 5.75 Å². The zero-order chi connectivity index (χ0) is 26.4. The number of hydrogen-bond acceptors (Lipinski definition) is 6. The van der Waals surface area contributed by atoms with E-state index in [1.165, 1.54) is 12.1 Å². The van der Waals surface area contributed by atoms with Crippen LogP contribution in [-0.2, 0) is 14.3 Å². The molecule has 0 saturated heterocycles. The van der Waals surface area contributed by atoms with E-state index in [4.69, 9.17) is 4.74 Å². The Bertz CT molecular complexity index is 872. The molecule has 196 valence electrons. The van der Waals surface area contributed by atoms with Crippen LogP contribution in [0.4, 0.5) is 4.79 Å². The summed E-state index contributed by atoms with van der Waals surface area (Å²) in [5.74, 6) is 0.124. The first-order chi connectivity index (χ1) is 16.2. The molecule has 3 amide bonds. The van der Waals surface area contributed by atoms with E-state index < -0.39 is 29.3 Å². The Morgan fingerprint density at radius 1 is 1.11 bits per heavy atom. The molecule has 2 rings (SSSR count). The summed E-state index contributed by atoms with van der Waals surface area (Å²) in [6.45, 7) is 11.0. The Balaban J connectivity index is 2.47. The molecule has 0 aliphatic heterocycles. The van der Waals surface area contributed by atoms with E-state index in [-0.39, 0.29) is 23.6 Å². The highest BCUT2D eigenvalue weighted by Gasteiger charge is 2.42. The number of phenols is 1. The van der Waals surface area contributed by atoms with Gasteiger partial charge in [-0.3, -0.25) is 9.59 Å². The number of phenolic OH excluding ortho intramolecular Hbond substituents is 1. The maximum absolute atomic E-state index is 14.1. The number of carbonyl (C=O) groups excluding carboxylic acids is 3. The third kappa shape index (κ3) is 8.94. The van der Waals surface area contributed by atoms with Gasteiger partial charge in [-0.05, 0) is 96.9 Å². The molecule has 0 radical (unpaired) electrons. The Labute approximate surface area is 213 Å². The minimum absolute atomic E-state index is 0.0784. The van der Waals surface area contributed by atoms with Gasteiger partial charge >= 0.3 is 6.09 Å². The van der Waals surface area contributed by atoms with Crippen molar-refractivity contribution in [2.24, 2.45) is 0 Å². The first-order valence-electron chi connectivity index (χ1n) is 12.1. The highest BCUT2D eigenvalue weighted by Crippen LogP contribution is 2.34. The Morgan fingerprint density at radius 2 is 1.71 bits per heavy atom. The lowest BCUT2D eigenvalue weighted by Crippen LogP contribution is -2.58. The average Bonchev–Trinajstić information content (AvgIpc) is 2.67. The minimum atomic E-state index is -0.898. The second-order valence-corrected chi connectivity index (χ2v) is 12.0. The van der Waals surface area contributed by atoms with Crippen LogP contribution in [0.5, 0.6) is 5.75 Å². The van der Waals surface area contributed by atoms with Crippen LogP contribution in [0, 0.1) is 0 Å². The van der Waals surface area contributed by atoms with Crippen LogP contribution in [0.15, 0.2) is 24.3 Å². The molecule has 35 heavy (non-hydrogen) atoms. The maximum atomic E-state index is 14.1. The number of alkyl carbamates (subject to hydrolysis) is 1. The molecule has 2 unspecified atom stereocenters. The summed E-state index contributed by atoms with van der Waals surface area (Å²) in [5.41, 5.74) is -0.606. The first-order valence-corrected chi connectivity index (χ1v) is 13.5. The minimum Gasteiger partial charge on any atom is -0.508 e. The van der Waals surface area contributed by atoms with Crippen LogP contribution >= 0.6 is 11.8 Å². The van der Waals surface area contributed by atoms with E-state index in [0.717, 1.165) is 19.3 Å². The molecule has 0 bridgehead atoms. The van der Waals surface area contributed by atoms with Gasteiger partial charge < -0.3 is 25.4 Å². The summed E-state index contributed by atoms with van der Waals surface area (Å²) >= 11 is 1.58. The zero-order valence-electron chi connectivity index (χ0n) is 22.0. The van der Waals surface area contributed by atoms with Gasteiger partial charge in [-0.25, -0.2) is 4.79 Å². The maximum Gasteiger partial charge on any atom is 0.408 e. The number of amides is 3. The fourth-order valence-corrected chi connectivity index (χ4v) is 4.31. The van der Waals surface area contributed by atoms with Gasteiger partial charge in [-0.1, -0.05) is 12.1 Å². The normalized spacial score (nSPS) is 16.0. The summed E-state index contributed by atoms with van der Waals surface area (Å²) in [6, 6.07) is 4.51. The number of rotatable bonds is 9. The molecule has 0 aromatic heterocycles. The highest BCUT2D eigenvalue weighted by molar-refractivity contribution is 7.98. The van der Waals surface area contributed by atoms with Crippen molar-refractivity contribution >= 4 is 29.7 Å². The van der Waals surface area contributed by atoms with Gasteiger partial charge in [0.2, 0.25) is 11.8 Å². The monoisotopic (exact) mass is 507 g/mol. The van der Waals surface area contributed by atoms with Gasteiger partial charge in [0.05, 0.1) is 0 Å². The molecule has 0 heterocycles. The number of hydrogen-bond donors (Lipinski definition) is 3. The van der Waals surface area contributed by atoms with E-state index >= 15 is 0 Å². The lowest BCUT2D eigenvalue weighted by atomic mass is 9.87. The topological polar surface area (TPSA) is 108 Å². The van der Waals surface area contributed by atoms with Crippen molar-refractivity contribution < 1.29 is 24.2 Å². The second kappa shape index (κ2) is 12.0. The molecule has 2 atom stereocenters. The van der Waals surface area contributed by atoms with Gasteiger partial charge in [0.1, 0.15) is 23.4 Å². The van der Waals surface area contributed by atoms with Crippen molar-refractivity contribution in [3.05, 3.63) is 29.8 Å². The highest BCUT2D eigenvalue weighted by atomic mass is 32.2.